The van der Waals surface area contributed by atoms with Gasteiger partial charge in [-0.25, -0.2) is 0 Å². The summed E-state index contributed by atoms with van der Waals surface area (Å²) in [5.74, 6) is 0.782. The van der Waals surface area contributed by atoms with Gasteiger partial charge in [0.2, 0.25) is 0 Å². The fourth-order valence-electron chi connectivity index (χ4n) is 2.03. The van der Waals surface area contributed by atoms with Gasteiger partial charge in [-0.1, -0.05) is 12.1 Å². The van der Waals surface area contributed by atoms with Gasteiger partial charge in [0.05, 0.1) is 12.2 Å². The Morgan fingerprint density at radius 3 is 2.89 bits per heavy atom. The minimum Gasteiger partial charge on any atom is -0.385 e. The van der Waals surface area contributed by atoms with E-state index in [1.165, 1.54) is 0 Å². The van der Waals surface area contributed by atoms with Gasteiger partial charge >= 0.3 is 0 Å². The van der Waals surface area contributed by atoms with Crippen LogP contribution in [0.2, 0.25) is 0 Å². The number of pyridine rings is 2. The SMILES string of the molecule is NC1=CSC(c2cccnc2)N1Cc1ccccn1. The number of hydrogen-bond donors (Lipinski definition) is 1. The molecule has 3 heterocycles. The lowest BCUT2D eigenvalue weighted by atomic mass is 10.2. The summed E-state index contributed by atoms with van der Waals surface area (Å²) in [6.45, 7) is 0.704. The molecular formula is C14H14N4S. The molecule has 4 nitrogen and oxygen atoms in total. The predicted octanol–water partition coefficient (Wildman–Crippen LogP) is 2.48. The van der Waals surface area contributed by atoms with Gasteiger partial charge < -0.3 is 10.6 Å². The molecule has 0 saturated carbocycles. The van der Waals surface area contributed by atoms with E-state index in [9.17, 15) is 0 Å². The molecule has 0 aromatic carbocycles. The molecule has 0 radical (unpaired) electrons. The Morgan fingerprint density at radius 1 is 1.21 bits per heavy atom. The Morgan fingerprint density at radius 2 is 2.16 bits per heavy atom. The first kappa shape index (κ1) is 12.0. The molecule has 2 aromatic heterocycles. The summed E-state index contributed by atoms with van der Waals surface area (Å²) in [6, 6.07) is 9.94. The van der Waals surface area contributed by atoms with Crippen LogP contribution in [0.25, 0.3) is 0 Å². The van der Waals surface area contributed by atoms with Gasteiger partial charge in [-0.2, -0.15) is 0 Å². The van der Waals surface area contributed by atoms with Crippen LogP contribution in [0.4, 0.5) is 0 Å². The van der Waals surface area contributed by atoms with Crippen LogP contribution >= 0.6 is 11.8 Å². The zero-order chi connectivity index (χ0) is 13.1. The molecule has 96 valence electrons. The number of thioether (sulfide) groups is 1. The molecule has 1 aliphatic rings. The first-order chi connectivity index (χ1) is 9.34. The highest BCUT2D eigenvalue weighted by atomic mass is 32.2. The lowest BCUT2D eigenvalue weighted by Crippen LogP contribution is -2.26. The summed E-state index contributed by atoms with van der Waals surface area (Å²) in [4.78, 5) is 10.7. The molecule has 0 spiro atoms. The van der Waals surface area contributed by atoms with Gasteiger partial charge in [-0.3, -0.25) is 9.97 Å². The molecule has 1 aliphatic heterocycles. The highest BCUT2D eigenvalue weighted by molar-refractivity contribution is 8.02. The quantitative estimate of drug-likeness (QED) is 0.928. The zero-order valence-corrected chi connectivity index (χ0v) is 11.1. The average molecular weight is 270 g/mol. The van der Waals surface area contributed by atoms with Gasteiger partial charge in [0.15, 0.2) is 0 Å². The number of aromatic nitrogens is 2. The molecular weight excluding hydrogens is 256 g/mol. The zero-order valence-electron chi connectivity index (χ0n) is 10.3. The summed E-state index contributed by atoms with van der Waals surface area (Å²) < 4.78 is 0. The average Bonchev–Trinajstić information content (AvgIpc) is 2.82. The second kappa shape index (κ2) is 5.32. The lowest BCUT2D eigenvalue weighted by Gasteiger charge is -2.27. The lowest BCUT2D eigenvalue weighted by molar-refractivity contribution is 0.321. The van der Waals surface area contributed by atoms with Crippen molar-refractivity contribution in [1.29, 1.82) is 0 Å². The van der Waals surface area contributed by atoms with Gasteiger partial charge in [-0.15, -0.1) is 11.8 Å². The van der Waals surface area contributed by atoms with E-state index in [0.717, 1.165) is 17.1 Å². The maximum Gasteiger partial charge on any atom is 0.108 e. The van der Waals surface area contributed by atoms with Crippen molar-refractivity contribution in [2.24, 2.45) is 5.73 Å². The molecule has 0 bridgehead atoms. The number of hydrogen-bond acceptors (Lipinski definition) is 5. The van der Waals surface area contributed by atoms with Crippen LogP contribution < -0.4 is 5.73 Å². The normalized spacial score (nSPS) is 18.4. The van der Waals surface area contributed by atoms with Gasteiger partial charge in [0.25, 0.3) is 0 Å². The third-order valence-corrected chi connectivity index (χ3v) is 4.12. The molecule has 0 aliphatic carbocycles. The van der Waals surface area contributed by atoms with E-state index in [1.54, 1.807) is 24.2 Å². The molecule has 0 saturated heterocycles. The van der Waals surface area contributed by atoms with Gasteiger partial charge in [0, 0.05) is 29.6 Å². The maximum atomic E-state index is 6.07. The molecule has 2 aromatic rings. The fraction of sp³-hybridized carbons (Fsp3) is 0.143. The van der Waals surface area contributed by atoms with Crippen LogP contribution in [0.15, 0.2) is 60.2 Å². The fourth-order valence-corrected chi connectivity index (χ4v) is 3.08. The topological polar surface area (TPSA) is 55.0 Å². The molecule has 19 heavy (non-hydrogen) atoms. The molecule has 0 amide bonds. The monoisotopic (exact) mass is 270 g/mol. The highest BCUT2D eigenvalue weighted by Crippen LogP contribution is 2.41. The standard InChI is InChI=1S/C14H14N4S/c15-13-10-19-14(11-4-3-6-16-8-11)18(13)9-12-5-1-2-7-17-12/h1-8,10,14H,9,15H2. The Kier molecular flexibility index (Phi) is 3.37. The van der Waals surface area contributed by atoms with Crippen molar-refractivity contribution in [3.8, 4) is 0 Å². The Balaban J connectivity index is 1.83. The van der Waals surface area contributed by atoms with Crippen LogP contribution in [-0.2, 0) is 6.54 Å². The van der Waals surface area contributed by atoms with Crippen LogP contribution in [0.1, 0.15) is 16.6 Å². The van der Waals surface area contributed by atoms with Crippen LogP contribution in [0, 0.1) is 0 Å². The highest BCUT2D eigenvalue weighted by Gasteiger charge is 2.27. The molecule has 2 N–H and O–H groups in total. The van der Waals surface area contributed by atoms with Crippen molar-refractivity contribution >= 4 is 11.8 Å². The van der Waals surface area contributed by atoms with E-state index >= 15 is 0 Å². The molecule has 3 rings (SSSR count). The molecule has 0 fully saturated rings. The van der Waals surface area contributed by atoms with Gasteiger partial charge in [0.1, 0.15) is 11.2 Å². The van der Waals surface area contributed by atoms with E-state index in [-0.39, 0.29) is 5.37 Å². The first-order valence-corrected chi connectivity index (χ1v) is 6.96. The van der Waals surface area contributed by atoms with E-state index < -0.39 is 0 Å². The Hall–Kier alpha value is -2.01. The third kappa shape index (κ3) is 2.56. The predicted molar refractivity (Wildman–Crippen MR) is 76.6 cm³/mol. The van der Waals surface area contributed by atoms with E-state index in [2.05, 4.69) is 20.9 Å². The Bertz CT molecular complexity index is 571. The molecule has 5 heteroatoms. The number of nitrogens with zero attached hydrogens (tertiary/aromatic N) is 3. The largest absolute Gasteiger partial charge is 0.385 e. The Labute approximate surface area is 116 Å². The second-order valence-corrected chi connectivity index (χ2v) is 5.22. The van der Waals surface area contributed by atoms with Gasteiger partial charge in [-0.05, 0) is 18.2 Å². The van der Waals surface area contributed by atoms with Crippen molar-refractivity contribution in [2.45, 2.75) is 11.9 Å². The number of nitrogens with two attached hydrogens (primary N) is 1. The van der Waals surface area contributed by atoms with E-state index in [1.807, 2.05) is 35.9 Å². The van der Waals surface area contributed by atoms with Crippen molar-refractivity contribution in [3.05, 3.63) is 71.4 Å². The maximum absolute atomic E-state index is 6.07. The van der Waals surface area contributed by atoms with Crippen molar-refractivity contribution in [2.75, 3.05) is 0 Å². The van der Waals surface area contributed by atoms with E-state index in [0.29, 0.717) is 6.54 Å². The smallest absolute Gasteiger partial charge is 0.108 e. The minimum absolute atomic E-state index is 0.177. The second-order valence-electron chi connectivity index (χ2n) is 4.27. The molecule has 1 unspecified atom stereocenters. The summed E-state index contributed by atoms with van der Waals surface area (Å²) in [5, 5.41) is 2.16. The van der Waals surface area contributed by atoms with Crippen LogP contribution in [-0.4, -0.2) is 14.9 Å². The summed E-state index contributed by atoms with van der Waals surface area (Å²) in [6.07, 6.45) is 5.47. The summed E-state index contributed by atoms with van der Waals surface area (Å²) in [5.41, 5.74) is 8.23. The first-order valence-electron chi connectivity index (χ1n) is 6.02. The van der Waals surface area contributed by atoms with E-state index in [4.69, 9.17) is 5.73 Å². The van der Waals surface area contributed by atoms with Crippen molar-refractivity contribution < 1.29 is 0 Å². The molecule has 1 atom stereocenters. The van der Waals surface area contributed by atoms with Crippen LogP contribution in [0.3, 0.4) is 0 Å². The summed E-state index contributed by atoms with van der Waals surface area (Å²) in [7, 11) is 0. The minimum atomic E-state index is 0.177. The van der Waals surface area contributed by atoms with Crippen molar-refractivity contribution in [1.82, 2.24) is 14.9 Å². The van der Waals surface area contributed by atoms with Crippen molar-refractivity contribution in [3.63, 3.8) is 0 Å². The number of rotatable bonds is 3. The van der Waals surface area contributed by atoms with Crippen LogP contribution in [0.5, 0.6) is 0 Å². The third-order valence-electron chi connectivity index (χ3n) is 2.96. The summed E-state index contributed by atoms with van der Waals surface area (Å²) >= 11 is 1.70.